The average Bonchev–Trinajstić information content (AvgIpc) is 2.50. The standard InChI is InChI=1S/C6H13N3/c1-9(6(7)8)4-5-2-3-5/h5H,2-4H2,1H3,(H3,7,8). The van der Waals surface area contributed by atoms with Gasteiger partial charge in [-0.05, 0) is 18.8 Å². The molecular formula is C6H13N3. The number of nitrogens with zero attached hydrogens (tertiary/aromatic N) is 1. The van der Waals surface area contributed by atoms with Crippen molar-refractivity contribution in [2.45, 2.75) is 12.8 Å². The first-order valence-electron chi connectivity index (χ1n) is 3.25. The maximum atomic E-state index is 7.03. The largest absolute Gasteiger partial charge is 0.370 e. The predicted octanol–water partition coefficient (Wildman–Crippen LogP) is 0.222. The van der Waals surface area contributed by atoms with Crippen LogP contribution in [-0.2, 0) is 0 Å². The van der Waals surface area contributed by atoms with Gasteiger partial charge in [0.25, 0.3) is 0 Å². The molecule has 52 valence electrons. The lowest BCUT2D eigenvalue weighted by Crippen LogP contribution is -2.34. The molecule has 9 heavy (non-hydrogen) atoms. The van der Waals surface area contributed by atoms with Crippen molar-refractivity contribution in [2.24, 2.45) is 11.7 Å². The normalized spacial score (nSPS) is 17.4. The summed E-state index contributed by atoms with van der Waals surface area (Å²) in [5.41, 5.74) is 5.22. The van der Waals surface area contributed by atoms with E-state index in [1.54, 1.807) is 4.90 Å². The molecule has 0 saturated heterocycles. The first kappa shape index (κ1) is 6.39. The van der Waals surface area contributed by atoms with Gasteiger partial charge in [0, 0.05) is 13.6 Å². The molecule has 3 nitrogen and oxygen atoms in total. The molecule has 0 amide bonds. The Morgan fingerprint density at radius 1 is 1.78 bits per heavy atom. The van der Waals surface area contributed by atoms with Crippen molar-refractivity contribution in [3.05, 3.63) is 0 Å². The van der Waals surface area contributed by atoms with Gasteiger partial charge in [-0.1, -0.05) is 0 Å². The number of guanidine groups is 1. The van der Waals surface area contributed by atoms with Gasteiger partial charge in [-0.15, -0.1) is 0 Å². The molecule has 0 unspecified atom stereocenters. The zero-order valence-corrected chi connectivity index (χ0v) is 5.72. The summed E-state index contributed by atoms with van der Waals surface area (Å²) >= 11 is 0. The van der Waals surface area contributed by atoms with Gasteiger partial charge in [-0.2, -0.15) is 0 Å². The van der Waals surface area contributed by atoms with E-state index in [0.29, 0.717) is 0 Å². The van der Waals surface area contributed by atoms with Crippen LogP contribution in [0.25, 0.3) is 0 Å². The summed E-state index contributed by atoms with van der Waals surface area (Å²) in [5, 5.41) is 7.03. The fourth-order valence-electron chi connectivity index (χ4n) is 0.786. The second-order valence-electron chi connectivity index (χ2n) is 2.71. The lowest BCUT2D eigenvalue weighted by Gasteiger charge is -2.14. The third-order valence-electron chi connectivity index (χ3n) is 1.64. The molecular weight excluding hydrogens is 114 g/mol. The van der Waals surface area contributed by atoms with Crippen LogP contribution < -0.4 is 5.73 Å². The molecule has 0 spiro atoms. The van der Waals surface area contributed by atoms with Crippen LogP contribution in [0.2, 0.25) is 0 Å². The van der Waals surface area contributed by atoms with Crippen molar-refractivity contribution in [3.8, 4) is 0 Å². The van der Waals surface area contributed by atoms with E-state index < -0.39 is 0 Å². The summed E-state index contributed by atoms with van der Waals surface area (Å²) in [6.07, 6.45) is 2.63. The molecule has 0 aromatic carbocycles. The summed E-state index contributed by atoms with van der Waals surface area (Å²) in [6, 6.07) is 0. The van der Waals surface area contributed by atoms with Crippen molar-refractivity contribution in [1.29, 1.82) is 5.41 Å². The van der Waals surface area contributed by atoms with Gasteiger partial charge >= 0.3 is 0 Å². The molecule has 1 fully saturated rings. The van der Waals surface area contributed by atoms with Gasteiger partial charge in [0.2, 0.25) is 0 Å². The first-order chi connectivity index (χ1) is 4.20. The van der Waals surface area contributed by atoms with Crippen LogP contribution in [-0.4, -0.2) is 24.5 Å². The first-order valence-corrected chi connectivity index (χ1v) is 3.25. The molecule has 0 heterocycles. The Kier molecular flexibility index (Phi) is 1.60. The molecule has 0 atom stereocenters. The zero-order chi connectivity index (χ0) is 6.85. The fraction of sp³-hybridized carbons (Fsp3) is 0.833. The molecule has 0 aromatic heterocycles. The van der Waals surface area contributed by atoms with E-state index in [2.05, 4.69) is 0 Å². The van der Waals surface area contributed by atoms with Gasteiger partial charge in [0.15, 0.2) is 5.96 Å². The van der Waals surface area contributed by atoms with Crippen molar-refractivity contribution >= 4 is 5.96 Å². The van der Waals surface area contributed by atoms with Crippen LogP contribution in [0.4, 0.5) is 0 Å². The Bertz CT molecular complexity index is 117. The van der Waals surface area contributed by atoms with E-state index in [0.717, 1.165) is 12.5 Å². The topological polar surface area (TPSA) is 53.1 Å². The summed E-state index contributed by atoms with van der Waals surface area (Å²) in [7, 11) is 1.86. The molecule has 0 bridgehead atoms. The van der Waals surface area contributed by atoms with Crippen molar-refractivity contribution in [1.82, 2.24) is 4.90 Å². The highest BCUT2D eigenvalue weighted by Crippen LogP contribution is 2.28. The third-order valence-corrected chi connectivity index (χ3v) is 1.64. The predicted molar refractivity (Wildman–Crippen MR) is 37.3 cm³/mol. The monoisotopic (exact) mass is 127 g/mol. The number of nitrogens with one attached hydrogen (secondary N) is 1. The maximum absolute atomic E-state index is 7.03. The van der Waals surface area contributed by atoms with Gasteiger partial charge < -0.3 is 10.6 Å². The van der Waals surface area contributed by atoms with Crippen LogP contribution in [0, 0.1) is 11.3 Å². The van der Waals surface area contributed by atoms with Crippen LogP contribution in [0.5, 0.6) is 0 Å². The summed E-state index contributed by atoms with van der Waals surface area (Å²) in [6.45, 7) is 0.968. The maximum Gasteiger partial charge on any atom is 0.188 e. The van der Waals surface area contributed by atoms with Crippen molar-refractivity contribution in [3.63, 3.8) is 0 Å². The Morgan fingerprint density at radius 3 is 2.67 bits per heavy atom. The van der Waals surface area contributed by atoms with Crippen LogP contribution in [0.1, 0.15) is 12.8 Å². The van der Waals surface area contributed by atoms with Gasteiger partial charge in [-0.25, -0.2) is 0 Å². The molecule has 1 saturated carbocycles. The van der Waals surface area contributed by atoms with Crippen LogP contribution in [0.3, 0.4) is 0 Å². The highest BCUT2D eigenvalue weighted by Gasteiger charge is 2.22. The van der Waals surface area contributed by atoms with Gasteiger partial charge in [0.05, 0.1) is 0 Å². The van der Waals surface area contributed by atoms with E-state index in [4.69, 9.17) is 11.1 Å². The SMILES string of the molecule is CN(CC1CC1)C(=N)N. The number of hydrogen-bond donors (Lipinski definition) is 2. The minimum absolute atomic E-state index is 0.182. The van der Waals surface area contributed by atoms with Gasteiger partial charge in [0.1, 0.15) is 0 Å². The smallest absolute Gasteiger partial charge is 0.188 e. The summed E-state index contributed by atoms with van der Waals surface area (Å²) < 4.78 is 0. The van der Waals surface area contributed by atoms with Crippen molar-refractivity contribution in [2.75, 3.05) is 13.6 Å². The molecule has 0 radical (unpaired) electrons. The highest BCUT2D eigenvalue weighted by molar-refractivity contribution is 5.74. The Labute approximate surface area is 55.3 Å². The molecule has 3 N–H and O–H groups in total. The van der Waals surface area contributed by atoms with Gasteiger partial charge in [-0.3, -0.25) is 5.41 Å². The van der Waals surface area contributed by atoms with Crippen molar-refractivity contribution < 1.29 is 0 Å². The van der Waals surface area contributed by atoms with Crippen LogP contribution in [0.15, 0.2) is 0 Å². The van der Waals surface area contributed by atoms with E-state index in [1.807, 2.05) is 7.05 Å². The summed E-state index contributed by atoms with van der Waals surface area (Å²) in [4.78, 5) is 1.79. The molecule has 0 aliphatic heterocycles. The minimum Gasteiger partial charge on any atom is -0.370 e. The quantitative estimate of drug-likeness (QED) is 0.412. The number of nitrogens with two attached hydrogens (primary N) is 1. The molecule has 0 aromatic rings. The Hall–Kier alpha value is -0.730. The Morgan fingerprint density at radius 2 is 2.33 bits per heavy atom. The Balaban J connectivity index is 2.16. The second-order valence-corrected chi connectivity index (χ2v) is 2.71. The zero-order valence-electron chi connectivity index (χ0n) is 5.72. The average molecular weight is 127 g/mol. The number of hydrogen-bond acceptors (Lipinski definition) is 1. The van der Waals surface area contributed by atoms with E-state index in [-0.39, 0.29) is 5.96 Å². The lowest BCUT2D eigenvalue weighted by atomic mass is 10.4. The third kappa shape index (κ3) is 1.91. The van der Waals surface area contributed by atoms with E-state index in [9.17, 15) is 0 Å². The molecule has 1 aliphatic carbocycles. The highest BCUT2D eigenvalue weighted by atomic mass is 15.2. The molecule has 1 rings (SSSR count). The second kappa shape index (κ2) is 2.25. The van der Waals surface area contributed by atoms with E-state index >= 15 is 0 Å². The van der Waals surface area contributed by atoms with Crippen LogP contribution >= 0.6 is 0 Å². The molecule has 1 aliphatic rings. The summed E-state index contributed by atoms with van der Waals surface area (Å²) in [5.74, 6) is 1.00. The number of rotatable bonds is 2. The molecule has 3 heteroatoms. The lowest BCUT2D eigenvalue weighted by molar-refractivity contribution is 0.467. The van der Waals surface area contributed by atoms with E-state index in [1.165, 1.54) is 12.8 Å². The minimum atomic E-state index is 0.182. The fourth-order valence-corrected chi connectivity index (χ4v) is 0.786.